The van der Waals surface area contributed by atoms with E-state index in [0.717, 1.165) is 0 Å². The smallest absolute Gasteiger partial charge is 0.252 e. The van der Waals surface area contributed by atoms with E-state index in [-0.39, 0.29) is 5.91 Å². The Hall–Kier alpha value is -1.47. The van der Waals surface area contributed by atoms with Gasteiger partial charge in [0.2, 0.25) is 0 Å². The van der Waals surface area contributed by atoms with Gasteiger partial charge < -0.3 is 11.1 Å². The van der Waals surface area contributed by atoms with Crippen molar-refractivity contribution in [1.82, 2.24) is 5.32 Å². The van der Waals surface area contributed by atoms with Crippen LogP contribution < -0.4 is 11.1 Å². The number of hydrogen-bond acceptors (Lipinski definition) is 2. The second kappa shape index (κ2) is 6.19. The van der Waals surface area contributed by atoms with Gasteiger partial charge in [0.15, 0.2) is 0 Å². The van der Waals surface area contributed by atoms with E-state index in [4.69, 9.17) is 5.73 Å². The second-order valence-corrected chi connectivity index (χ2v) is 3.93. The molecular formula is C12H13BrN2O. The molecule has 0 aliphatic rings. The van der Waals surface area contributed by atoms with Crippen LogP contribution in [0.15, 0.2) is 22.7 Å². The quantitative estimate of drug-likeness (QED) is 0.507. The zero-order valence-corrected chi connectivity index (χ0v) is 10.6. The Kier molecular flexibility index (Phi) is 4.87. The van der Waals surface area contributed by atoms with Crippen LogP contribution in [-0.2, 0) is 0 Å². The Morgan fingerprint density at radius 2 is 2.31 bits per heavy atom. The maximum atomic E-state index is 11.7. The van der Waals surface area contributed by atoms with Gasteiger partial charge in [0.05, 0.1) is 10.0 Å². The topological polar surface area (TPSA) is 55.1 Å². The van der Waals surface area contributed by atoms with Gasteiger partial charge in [-0.3, -0.25) is 4.79 Å². The average Bonchev–Trinajstić information content (AvgIpc) is 2.28. The number of anilines is 1. The van der Waals surface area contributed by atoms with Gasteiger partial charge in [-0.05, 0) is 35.0 Å². The van der Waals surface area contributed by atoms with E-state index in [1.807, 2.05) is 0 Å². The van der Waals surface area contributed by atoms with E-state index in [0.29, 0.717) is 28.7 Å². The Labute approximate surface area is 104 Å². The Bertz CT molecular complexity index is 446. The van der Waals surface area contributed by atoms with E-state index < -0.39 is 0 Å². The fraction of sp³-hybridized carbons (Fsp3) is 0.250. The maximum absolute atomic E-state index is 11.7. The Morgan fingerprint density at radius 1 is 1.56 bits per heavy atom. The molecule has 0 unspecified atom stereocenters. The summed E-state index contributed by atoms with van der Waals surface area (Å²) in [6, 6.07) is 5.21. The number of hydrogen-bond donors (Lipinski definition) is 2. The highest BCUT2D eigenvalue weighted by Crippen LogP contribution is 2.23. The van der Waals surface area contributed by atoms with Gasteiger partial charge in [-0.1, -0.05) is 6.07 Å². The van der Waals surface area contributed by atoms with Crippen molar-refractivity contribution in [2.45, 2.75) is 13.3 Å². The molecule has 0 saturated heterocycles. The summed E-state index contributed by atoms with van der Waals surface area (Å²) in [5, 5.41) is 2.77. The molecule has 1 aromatic carbocycles. The molecule has 0 saturated carbocycles. The summed E-state index contributed by atoms with van der Waals surface area (Å²) in [5.41, 5.74) is 6.79. The summed E-state index contributed by atoms with van der Waals surface area (Å²) in [6.45, 7) is 2.32. The van der Waals surface area contributed by atoms with Crippen LogP contribution in [-0.4, -0.2) is 12.5 Å². The summed E-state index contributed by atoms with van der Waals surface area (Å²) in [7, 11) is 0. The number of halogens is 1. The zero-order chi connectivity index (χ0) is 12.0. The molecular weight excluding hydrogens is 268 g/mol. The highest BCUT2D eigenvalue weighted by Gasteiger charge is 2.10. The van der Waals surface area contributed by atoms with E-state index >= 15 is 0 Å². The van der Waals surface area contributed by atoms with Crippen LogP contribution >= 0.6 is 15.9 Å². The molecule has 84 valence electrons. The number of nitrogen functional groups attached to an aromatic ring is 1. The summed E-state index contributed by atoms with van der Waals surface area (Å²) >= 11 is 3.29. The number of nitrogens with two attached hydrogens (primary N) is 1. The maximum Gasteiger partial charge on any atom is 0.252 e. The summed E-state index contributed by atoms with van der Waals surface area (Å²) in [5.74, 6) is 5.51. The van der Waals surface area contributed by atoms with Crippen LogP contribution in [0.25, 0.3) is 0 Å². The zero-order valence-electron chi connectivity index (χ0n) is 9.01. The first-order valence-electron chi connectivity index (χ1n) is 4.88. The molecule has 0 radical (unpaired) electrons. The van der Waals surface area contributed by atoms with Gasteiger partial charge in [0, 0.05) is 18.7 Å². The largest absolute Gasteiger partial charge is 0.398 e. The van der Waals surface area contributed by atoms with Crippen molar-refractivity contribution < 1.29 is 4.79 Å². The fourth-order valence-corrected chi connectivity index (χ4v) is 1.63. The summed E-state index contributed by atoms with van der Waals surface area (Å²) in [6.07, 6.45) is 0.655. The first-order valence-corrected chi connectivity index (χ1v) is 5.68. The molecule has 1 amide bonds. The van der Waals surface area contributed by atoms with E-state index in [9.17, 15) is 4.79 Å². The van der Waals surface area contributed by atoms with Crippen LogP contribution in [0.3, 0.4) is 0 Å². The van der Waals surface area contributed by atoms with Gasteiger partial charge in [-0.2, -0.15) is 0 Å². The van der Waals surface area contributed by atoms with Crippen LogP contribution in [0.4, 0.5) is 5.69 Å². The molecule has 1 aromatic rings. The van der Waals surface area contributed by atoms with Gasteiger partial charge in [0.1, 0.15) is 0 Å². The van der Waals surface area contributed by atoms with Crippen molar-refractivity contribution in [1.29, 1.82) is 0 Å². The highest BCUT2D eigenvalue weighted by molar-refractivity contribution is 9.10. The number of amides is 1. The number of rotatable bonds is 3. The van der Waals surface area contributed by atoms with Crippen LogP contribution in [0, 0.1) is 11.8 Å². The minimum Gasteiger partial charge on any atom is -0.398 e. The van der Waals surface area contributed by atoms with E-state index in [1.54, 1.807) is 25.1 Å². The number of nitrogens with one attached hydrogen (secondary N) is 1. The molecule has 0 heterocycles. The normalized spacial score (nSPS) is 9.12. The predicted octanol–water partition coefficient (Wildman–Crippen LogP) is 2.17. The Balaban J connectivity index is 2.65. The molecule has 1 rings (SSSR count). The number of carbonyl (C=O) groups is 1. The van der Waals surface area contributed by atoms with Crippen molar-refractivity contribution in [2.75, 3.05) is 12.3 Å². The molecule has 0 aliphatic heterocycles. The molecule has 3 nitrogen and oxygen atoms in total. The standard InChI is InChI=1S/C12H13BrN2O/c1-2-3-4-8-15-12(16)9-6-5-7-10(14)11(9)13/h5-7H,4,8,14H2,1H3,(H,15,16). The highest BCUT2D eigenvalue weighted by atomic mass is 79.9. The SMILES string of the molecule is CC#CCCNC(=O)c1cccc(N)c1Br. The molecule has 0 fully saturated rings. The third-order valence-electron chi connectivity index (χ3n) is 1.99. The summed E-state index contributed by atoms with van der Waals surface area (Å²) in [4.78, 5) is 11.7. The van der Waals surface area contributed by atoms with Crippen LogP contribution in [0.2, 0.25) is 0 Å². The van der Waals surface area contributed by atoms with Crippen LogP contribution in [0.1, 0.15) is 23.7 Å². The van der Waals surface area contributed by atoms with Gasteiger partial charge in [0.25, 0.3) is 5.91 Å². The molecule has 0 bridgehead atoms. The lowest BCUT2D eigenvalue weighted by Crippen LogP contribution is -2.24. The number of benzene rings is 1. The Morgan fingerprint density at radius 3 is 3.00 bits per heavy atom. The van der Waals surface area contributed by atoms with E-state index in [1.165, 1.54) is 0 Å². The fourth-order valence-electron chi connectivity index (χ4n) is 1.18. The molecule has 0 aliphatic carbocycles. The minimum atomic E-state index is -0.142. The van der Waals surface area contributed by atoms with Gasteiger partial charge in [-0.15, -0.1) is 11.8 Å². The van der Waals surface area contributed by atoms with E-state index in [2.05, 4.69) is 33.1 Å². The van der Waals surface area contributed by atoms with Crippen molar-refractivity contribution in [2.24, 2.45) is 0 Å². The molecule has 0 atom stereocenters. The molecule has 0 spiro atoms. The lowest BCUT2D eigenvalue weighted by molar-refractivity contribution is 0.0954. The first kappa shape index (κ1) is 12.6. The molecule has 3 N–H and O–H groups in total. The van der Waals surface area contributed by atoms with Crippen molar-refractivity contribution in [3.63, 3.8) is 0 Å². The minimum absolute atomic E-state index is 0.142. The third-order valence-corrected chi connectivity index (χ3v) is 2.87. The second-order valence-electron chi connectivity index (χ2n) is 3.14. The lowest BCUT2D eigenvalue weighted by Gasteiger charge is -2.06. The monoisotopic (exact) mass is 280 g/mol. The summed E-state index contributed by atoms with van der Waals surface area (Å²) < 4.78 is 0.633. The lowest BCUT2D eigenvalue weighted by atomic mass is 10.2. The van der Waals surface area contributed by atoms with Crippen molar-refractivity contribution in [3.8, 4) is 11.8 Å². The van der Waals surface area contributed by atoms with Crippen molar-refractivity contribution >= 4 is 27.5 Å². The molecule has 4 heteroatoms. The van der Waals surface area contributed by atoms with Gasteiger partial charge in [-0.25, -0.2) is 0 Å². The average molecular weight is 281 g/mol. The third kappa shape index (κ3) is 3.28. The van der Waals surface area contributed by atoms with Gasteiger partial charge >= 0.3 is 0 Å². The van der Waals surface area contributed by atoms with Crippen LogP contribution in [0.5, 0.6) is 0 Å². The predicted molar refractivity (Wildman–Crippen MR) is 69.0 cm³/mol. The molecule has 0 aromatic heterocycles. The first-order chi connectivity index (χ1) is 7.66. The van der Waals surface area contributed by atoms with Crippen molar-refractivity contribution in [3.05, 3.63) is 28.2 Å². The number of carbonyl (C=O) groups excluding carboxylic acids is 1. The molecule has 16 heavy (non-hydrogen) atoms.